The van der Waals surface area contributed by atoms with Gasteiger partial charge in [-0.25, -0.2) is 18.4 Å². The molecule has 188 valence electrons. The van der Waals surface area contributed by atoms with Crippen LogP contribution in [0.1, 0.15) is 38.3 Å². The summed E-state index contributed by atoms with van der Waals surface area (Å²) in [5, 5.41) is 0. The summed E-state index contributed by atoms with van der Waals surface area (Å²) in [5.74, 6) is -7.08. The number of amides is 1. The molecule has 0 radical (unpaired) electrons. The third kappa shape index (κ3) is 7.50. The Hall–Kier alpha value is -3.49. The van der Waals surface area contributed by atoms with Gasteiger partial charge in [0.25, 0.3) is 5.92 Å². The quantitative estimate of drug-likeness (QED) is 0.431. The van der Waals surface area contributed by atoms with Gasteiger partial charge in [-0.1, -0.05) is 60.7 Å². The lowest BCUT2D eigenvalue weighted by atomic mass is 9.87. The maximum absolute atomic E-state index is 14.7. The highest BCUT2D eigenvalue weighted by molar-refractivity contribution is 5.88. The van der Waals surface area contributed by atoms with Gasteiger partial charge in [-0.05, 0) is 31.9 Å². The molecule has 1 aliphatic heterocycles. The van der Waals surface area contributed by atoms with E-state index in [4.69, 9.17) is 14.2 Å². The molecule has 0 bridgehead atoms. The van der Waals surface area contributed by atoms with Crippen LogP contribution in [0.3, 0.4) is 0 Å². The van der Waals surface area contributed by atoms with Crippen LogP contribution < -0.4 is 0 Å². The Morgan fingerprint density at radius 3 is 1.91 bits per heavy atom. The third-order valence-corrected chi connectivity index (χ3v) is 5.25. The molecule has 0 N–H and O–H groups in total. The fraction of sp³-hybridized carbons (Fsp3) is 0.423. The molecule has 0 spiro atoms. The standard InChI is InChI=1S/C26H29F2NO6/c1-25(2,3)35-22(30)20-14-26(27,28)17-29(24(32)34-16-19-12-8-5-9-13-19)21(20)23(31)33-15-18-10-6-4-7-11-18/h4-13,20-21H,14-17H2,1-3H3/t20-,21-/m0/s1. The topological polar surface area (TPSA) is 82.1 Å². The van der Waals surface area contributed by atoms with E-state index in [1.165, 1.54) is 0 Å². The Morgan fingerprint density at radius 2 is 1.40 bits per heavy atom. The van der Waals surface area contributed by atoms with Gasteiger partial charge in [0.1, 0.15) is 24.9 Å². The van der Waals surface area contributed by atoms with Gasteiger partial charge < -0.3 is 14.2 Å². The van der Waals surface area contributed by atoms with Crippen molar-refractivity contribution in [2.24, 2.45) is 5.92 Å². The summed E-state index contributed by atoms with van der Waals surface area (Å²) < 4.78 is 45.3. The summed E-state index contributed by atoms with van der Waals surface area (Å²) in [6.07, 6.45) is -2.11. The molecular weight excluding hydrogens is 460 g/mol. The maximum Gasteiger partial charge on any atom is 0.411 e. The van der Waals surface area contributed by atoms with Crippen LogP contribution in [0, 0.1) is 5.92 Å². The summed E-state index contributed by atoms with van der Waals surface area (Å²) in [7, 11) is 0. The molecule has 2 atom stereocenters. The van der Waals surface area contributed by atoms with Gasteiger partial charge in [0.15, 0.2) is 0 Å². The number of alkyl halides is 2. The monoisotopic (exact) mass is 489 g/mol. The van der Waals surface area contributed by atoms with Gasteiger partial charge in [0, 0.05) is 6.42 Å². The van der Waals surface area contributed by atoms with Crippen molar-refractivity contribution in [2.75, 3.05) is 6.54 Å². The SMILES string of the molecule is CC(C)(C)OC(=O)[C@H]1CC(F)(F)CN(C(=O)OCc2ccccc2)[C@@H]1C(=O)OCc1ccccc1. The number of likely N-dealkylation sites (tertiary alicyclic amines) is 1. The van der Waals surface area contributed by atoms with Crippen LogP contribution in [0.5, 0.6) is 0 Å². The average Bonchev–Trinajstić information content (AvgIpc) is 2.80. The number of hydrogen-bond donors (Lipinski definition) is 0. The number of piperidine rings is 1. The average molecular weight is 490 g/mol. The summed E-state index contributed by atoms with van der Waals surface area (Å²) in [5.41, 5.74) is 0.312. The molecule has 1 amide bonds. The molecule has 0 unspecified atom stereocenters. The van der Waals surface area contributed by atoms with Gasteiger partial charge in [-0.2, -0.15) is 0 Å². The molecule has 0 aromatic heterocycles. The lowest BCUT2D eigenvalue weighted by molar-refractivity contribution is -0.183. The van der Waals surface area contributed by atoms with Crippen molar-refractivity contribution in [3.63, 3.8) is 0 Å². The number of nitrogens with zero attached hydrogens (tertiary/aromatic N) is 1. The number of carbonyl (C=O) groups excluding carboxylic acids is 3. The fourth-order valence-corrected chi connectivity index (χ4v) is 3.74. The molecule has 1 saturated heterocycles. The molecule has 1 heterocycles. The number of esters is 2. The first-order chi connectivity index (χ1) is 16.5. The second-order valence-corrected chi connectivity index (χ2v) is 9.41. The molecular formula is C26H29F2NO6. The largest absolute Gasteiger partial charge is 0.460 e. The Labute approximate surface area is 203 Å². The summed E-state index contributed by atoms with van der Waals surface area (Å²) >= 11 is 0. The van der Waals surface area contributed by atoms with Crippen molar-refractivity contribution in [1.82, 2.24) is 4.90 Å². The van der Waals surface area contributed by atoms with E-state index in [1.54, 1.807) is 81.4 Å². The predicted molar refractivity (Wildman–Crippen MR) is 122 cm³/mol. The minimum Gasteiger partial charge on any atom is -0.460 e. The second-order valence-electron chi connectivity index (χ2n) is 9.41. The zero-order valence-corrected chi connectivity index (χ0v) is 19.9. The first-order valence-corrected chi connectivity index (χ1v) is 11.2. The van der Waals surface area contributed by atoms with E-state index in [1.807, 2.05) is 0 Å². The van der Waals surface area contributed by atoms with Crippen LogP contribution >= 0.6 is 0 Å². The molecule has 9 heteroatoms. The predicted octanol–water partition coefficient (Wildman–Crippen LogP) is 4.73. The molecule has 3 rings (SSSR count). The first-order valence-electron chi connectivity index (χ1n) is 11.2. The number of benzene rings is 2. The zero-order valence-electron chi connectivity index (χ0n) is 19.9. The van der Waals surface area contributed by atoms with Crippen molar-refractivity contribution >= 4 is 18.0 Å². The smallest absolute Gasteiger partial charge is 0.411 e. The number of hydrogen-bond acceptors (Lipinski definition) is 6. The molecule has 2 aromatic carbocycles. The lowest BCUT2D eigenvalue weighted by Crippen LogP contribution is -2.61. The molecule has 35 heavy (non-hydrogen) atoms. The molecule has 1 aliphatic rings. The van der Waals surface area contributed by atoms with Crippen molar-refractivity contribution < 1.29 is 37.4 Å². The number of halogens is 2. The first kappa shape index (κ1) is 26.1. The van der Waals surface area contributed by atoms with E-state index in [0.29, 0.717) is 16.0 Å². The van der Waals surface area contributed by atoms with Crippen molar-refractivity contribution in [2.45, 2.75) is 58.0 Å². The highest BCUT2D eigenvalue weighted by Crippen LogP contribution is 2.37. The second kappa shape index (κ2) is 10.8. The van der Waals surface area contributed by atoms with E-state index >= 15 is 0 Å². The molecule has 0 saturated carbocycles. The van der Waals surface area contributed by atoms with Crippen molar-refractivity contribution in [3.8, 4) is 0 Å². The zero-order chi connectivity index (χ0) is 25.6. The fourth-order valence-electron chi connectivity index (χ4n) is 3.74. The van der Waals surface area contributed by atoms with Crippen LogP contribution in [-0.4, -0.2) is 47.0 Å². The lowest BCUT2D eigenvalue weighted by Gasteiger charge is -2.41. The molecule has 1 fully saturated rings. The number of ether oxygens (including phenoxy) is 3. The van der Waals surface area contributed by atoms with Crippen molar-refractivity contribution in [3.05, 3.63) is 71.8 Å². The van der Waals surface area contributed by atoms with Crippen LogP contribution in [-0.2, 0) is 37.0 Å². The van der Waals surface area contributed by atoms with Gasteiger partial charge >= 0.3 is 18.0 Å². The normalized spacial score (nSPS) is 19.5. The van der Waals surface area contributed by atoms with Gasteiger partial charge in [-0.3, -0.25) is 9.69 Å². The molecule has 0 aliphatic carbocycles. The van der Waals surface area contributed by atoms with E-state index < -0.39 is 54.5 Å². The summed E-state index contributed by atoms with van der Waals surface area (Å²) in [6, 6.07) is 15.8. The van der Waals surface area contributed by atoms with E-state index in [-0.39, 0.29) is 13.2 Å². The highest BCUT2D eigenvalue weighted by atomic mass is 19.3. The highest BCUT2D eigenvalue weighted by Gasteiger charge is 2.55. The van der Waals surface area contributed by atoms with Crippen LogP contribution in [0.25, 0.3) is 0 Å². The van der Waals surface area contributed by atoms with Crippen molar-refractivity contribution in [1.29, 1.82) is 0 Å². The Morgan fingerprint density at radius 1 is 0.886 bits per heavy atom. The summed E-state index contributed by atoms with van der Waals surface area (Å²) in [6.45, 7) is 3.32. The summed E-state index contributed by atoms with van der Waals surface area (Å²) in [4.78, 5) is 39.5. The molecule has 7 nitrogen and oxygen atoms in total. The van der Waals surface area contributed by atoms with Gasteiger partial charge in [0.05, 0.1) is 12.5 Å². The van der Waals surface area contributed by atoms with E-state index in [2.05, 4.69) is 0 Å². The van der Waals surface area contributed by atoms with Gasteiger partial charge in [-0.15, -0.1) is 0 Å². The van der Waals surface area contributed by atoms with Crippen LogP contribution in [0.4, 0.5) is 13.6 Å². The minimum absolute atomic E-state index is 0.152. The van der Waals surface area contributed by atoms with Crippen LogP contribution in [0.15, 0.2) is 60.7 Å². The Kier molecular flexibility index (Phi) is 8.09. The number of rotatable bonds is 6. The number of carbonyl (C=O) groups is 3. The maximum atomic E-state index is 14.7. The van der Waals surface area contributed by atoms with Gasteiger partial charge in [0.2, 0.25) is 0 Å². The van der Waals surface area contributed by atoms with E-state index in [0.717, 1.165) is 0 Å². The molecule has 2 aromatic rings. The Bertz CT molecular complexity index is 1020. The Balaban J connectivity index is 1.86. The van der Waals surface area contributed by atoms with Crippen LogP contribution in [0.2, 0.25) is 0 Å². The minimum atomic E-state index is -3.44. The van der Waals surface area contributed by atoms with E-state index in [9.17, 15) is 23.2 Å². The third-order valence-electron chi connectivity index (χ3n) is 5.25.